The Labute approximate surface area is 178 Å². The number of hydrogen-bond donors (Lipinski definition) is 3. The van der Waals surface area contributed by atoms with Crippen molar-refractivity contribution < 1.29 is 14.2 Å². The van der Waals surface area contributed by atoms with Gasteiger partial charge in [-0.25, -0.2) is 14.4 Å². The predicted molar refractivity (Wildman–Crippen MR) is 115 cm³/mol. The first-order valence-corrected chi connectivity index (χ1v) is 9.26. The molecule has 0 amide bonds. The number of aromatic nitrogens is 2. The van der Waals surface area contributed by atoms with Crippen molar-refractivity contribution in [2.75, 3.05) is 17.7 Å². The summed E-state index contributed by atoms with van der Waals surface area (Å²) in [5, 5.41) is 12.2. The summed E-state index contributed by atoms with van der Waals surface area (Å²) in [6.07, 6.45) is 4.36. The third-order valence-corrected chi connectivity index (χ3v) is 4.15. The summed E-state index contributed by atoms with van der Waals surface area (Å²) < 4.78 is 18.9. The molecule has 0 fully saturated rings. The highest BCUT2D eigenvalue weighted by atomic mass is 35.5. The average Bonchev–Trinajstić information content (AvgIpc) is 2.73. The minimum atomic E-state index is -0.322. The molecule has 0 unspecified atom stereocenters. The molecular formula is C22H18ClFN4O2. The molecular weight excluding hydrogens is 407 g/mol. The predicted octanol–water partition coefficient (Wildman–Crippen LogP) is 4.07. The van der Waals surface area contributed by atoms with Gasteiger partial charge in [-0.1, -0.05) is 35.7 Å². The van der Waals surface area contributed by atoms with Crippen LogP contribution in [-0.2, 0) is 6.61 Å². The van der Waals surface area contributed by atoms with Gasteiger partial charge in [-0.15, -0.1) is 0 Å². The topological polar surface area (TPSA) is 93.3 Å². The van der Waals surface area contributed by atoms with Gasteiger partial charge in [0.1, 0.15) is 35.9 Å². The maximum Gasteiger partial charge on any atom is 0.158 e. The summed E-state index contributed by atoms with van der Waals surface area (Å²) in [7, 11) is 0. The van der Waals surface area contributed by atoms with E-state index in [2.05, 4.69) is 27.1 Å². The molecule has 2 aromatic carbocycles. The lowest BCUT2D eigenvalue weighted by atomic mass is 10.2. The maximum atomic E-state index is 13.3. The molecule has 8 heteroatoms. The summed E-state index contributed by atoms with van der Waals surface area (Å²) in [4.78, 5) is 8.18. The largest absolute Gasteiger partial charge is 0.487 e. The highest BCUT2D eigenvalue weighted by molar-refractivity contribution is 6.32. The van der Waals surface area contributed by atoms with Crippen molar-refractivity contribution in [2.24, 2.45) is 0 Å². The van der Waals surface area contributed by atoms with E-state index in [1.54, 1.807) is 30.3 Å². The van der Waals surface area contributed by atoms with Crippen molar-refractivity contribution in [1.29, 1.82) is 0 Å². The molecule has 4 N–H and O–H groups in total. The summed E-state index contributed by atoms with van der Waals surface area (Å²) in [5.74, 6) is 6.05. The second kappa shape index (κ2) is 10.3. The lowest BCUT2D eigenvalue weighted by molar-refractivity contribution is 0.306. The summed E-state index contributed by atoms with van der Waals surface area (Å²) in [6.45, 7) is 0.0965. The Balaban J connectivity index is 1.71. The quantitative estimate of drug-likeness (QED) is 0.516. The van der Waals surface area contributed by atoms with E-state index >= 15 is 0 Å². The molecule has 1 heterocycles. The zero-order chi connectivity index (χ0) is 21.3. The van der Waals surface area contributed by atoms with Crippen LogP contribution >= 0.6 is 11.6 Å². The van der Waals surface area contributed by atoms with E-state index in [0.717, 1.165) is 0 Å². The molecule has 3 rings (SSSR count). The summed E-state index contributed by atoms with van der Waals surface area (Å²) >= 11 is 6.31. The number of nitrogens with zero attached hydrogens (tertiary/aromatic N) is 2. The Bertz CT molecular complexity index is 1130. The van der Waals surface area contributed by atoms with Crippen LogP contribution in [0.4, 0.5) is 21.6 Å². The number of nitrogens with one attached hydrogen (secondary N) is 1. The molecule has 0 saturated heterocycles. The van der Waals surface area contributed by atoms with Crippen LogP contribution in [0.1, 0.15) is 11.3 Å². The van der Waals surface area contributed by atoms with E-state index in [0.29, 0.717) is 33.5 Å². The van der Waals surface area contributed by atoms with Crippen molar-refractivity contribution in [3.05, 3.63) is 83.0 Å². The fraction of sp³-hybridized carbons (Fsp3) is 0.0909. The number of anilines is 3. The third kappa shape index (κ3) is 5.70. The number of aliphatic hydroxyl groups is 1. The van der Waals surface area contributed by atoms with Gasteiger partial charge < -0.3 is 20.9 Å². The number of halogens is 2. The maximum absolute atomic E-state index is 13.3. The van der Waals surface area contributed by atoms with Gasteiger partial charge in [0, 0.05) is 5.69 Å². The van der Waals surface area contributed by atoms with Gasteiger partial charge in [0.05, 0.1) is 11.6 Å². The fourth-order valence-corrected chi connectivity index (χ4v) is 2.67. The number of benzene rings is 2. The van der Waals surface area contributed by atoms with Gasteiger partial charge in [0.25, 0.3) is 0 Å². The monoisotopic (exact) mass is 424 g/mol. The smallest absolute Gasteiger partial charge is 0.158 e. The molecule has 0 aliphatic rings. The molecule has 6 nitrogen and oxygen atoms in total. The number of nitrogen functional groups attached to an aromatic ring is 1. The van der Waals surface area contributed by atoms with Crippen LogP contribution in [0.15, 0.2) is 60.9 Å². The van der Waals surface area contributed by atoms with Crippen molar-refractivity contribution in [3.8, 4) is 17.6 Å². The molecule has 0 saturated carbocycles. The van der Waals surface area contributed by atoms with Crippen LogP contribution in [0.25, 0.3) is 0 Å². The highest BCUT2D eigenvalue weighted by Gasteiger charge is 2.09. The number of ether oxygens (including phenoxy) is 1. The first-order valence-electron chi connectivity index (χ1n) is 8.88. The zero-order valence-corrected chi connectivity index (χ0v) is 16.5. The highest BCUT2D eigenvalue weighted by Crippen LogP contribution is 2.30. The molecule has 0 atom stereocenters. The molecule has 1 aromatic heterocycles. The number of aliphatic hydroxyl groups excluding tert-OH is 1. The van der Waals surface area contributed by atoms with Gasteiger partial charge >= 0.3 is 0 Å². The zero-order valence-electron chi connectivity index (χ0n) is 15.8. The van der Waals surface area contributed by atoms with Gasteiger partial charge in [-0.05, 0) is 47.9 Å². The Hall–Kier alpha value is -3.60. The molecule has 0 spiro atoms. The van der Waals surface area contributed by atoms with Crippen LogP contribution in [-0.4, -0.2) is 21.7 Å². The van der Waals surface area contributed by atoms with Crippen molar-refractivity contribution in [1.82, 2.24) is 9.97 Å². The lowest BCUT2D eigenvalue weighted by Crippen LogP contribution is -2.03. The molecule has 0 aliphatic heterocycles. The van der Waals surface area contributed by atoms with Crippen molar-refractivity contribution >= 4 is 28.8 Å². The van der Waals surface area contributed by atoms with Crippen LogP contribution in [0.2, 0.25) is 5.02 Å². The van der Waals surface area contributed by atoms with Crippen LogP contribution in [0.3, 0.4) is 0 Å². The van der Waals surface area contributed by atoms with E-state index in [4.69, 9.17) is 27.2 Å². The van der Waals surface area contributed by atoms with E-state index in [-0.39, 0.29) is 24.7 Å². The first kappa shape index (κ1) is 21.1. The summed E-state index contributed by atoms with van der Waals surface area (Å²) in [6, 6.07) is 11.3. The van der Waals surface area contributed by atoms with Gasteiger partial charge in [-0.2, -0.15) is 0 Å². The van der Waals surface area contributed by atoms with Crippen molar-refractivity contribution in [2.45, 2.75) is 6.61 Å². The van der Waals surface area contributed by atoms with Crippen LogP contribution < -0.4 is 15.8 Å². The van der Waals surface area contributed by atoms with E-state index in [9.17, 15) is 4.39 Å². The minimum absolute atomic E-state index is 0.0938. The number of rotatable bonds is 6. The lowest BCUT2D eigenvalue weighted by Gasteiger charge is -2.12. The van der Waals surface area contributed by atoms with Crippen LogP contribution in [0.5, 0.6) is 5.75 Å². The fourth-order valence-electron chi connectivity index (χ4n) is 2.44. The van der Waals surface area contributed by atoms with E-state index in [1.807, 2.05) is 0 Å². The Morgan fingerprint density at radius 1 is 1.23 bits per heavy atom. The first-order chi connectivity index (χ1) is 14.6. The normalized spacial score (nSPS) is 10.5. The second-order valence-corrected chi connectivity index (χ2v) is 6.43. The molecule has 152 valence electrons. The molecule has 30 heavy (non-hydrogen) atoms. The standard InChI is InChI=1S/C22H18ClFN4O2/c23-18-12-17(8-9-20(18)30-13-15-5-4-6-16(24)11-15)28-22-21(25)19(26-14-27-22)7-2-1-3-10-29/h1,3-6,8-9,11-12,14,29H,10,13,25H2,(H,26,27,28). The van der Waals surface area contributed by atoms with Gasteiger partial charge in [0.15, 0.2) is 5.82 Å². The Morgan fingerprint density at radius 3 is 2.87 bits per heavy atom. The Morgan fingerprint density at radius 2 is 2.10 bits per heavy atom. The molecule has 0 aliphatic carbocycles. The molecule has 0 bridgehead atoms. The van der Waals surface area contributed by atoms with Crippen molar-refractivity contribution in [3.63, 3.8) is 0 Å². The van der Waals surface area contributed by atoms with Gasteiger partial charge in [-0.3, -0.25) is 0 Å². The average molecular weight is 425 g/mol. The van der Waals surface area contributed by atoms with E-state index in [1.165, 1.54) is 30.6 Å². The second-order valence-electron chi connectivity index (χ2n) is 6.03. The van der Waals surface area contributed by atoms with Crippen LogP contribution in [0, 0.1) is 17.7 Å². The number of hydrogen-bond acceptors (Lipinski definition) is 6. The van der Waals surface area contributed by atoms with E-state index < -0.39 is 0 Å². The number of nitrogens with two attached hydrogens (primary N) is 1. The number of allylic oxidation sites excluding steroid dienone is 1. The minimum Gasteiger partial charge on any atom is -0.487 e. The Kier molecular flexibility index (Phi) is 7.22. The third-order valence-electron chi connectivity index (χ3n) is 3.86. The van der Waals surface area contributed by atoms with Gasteiger partial charge in [0.2, 0.25) is 0 Å². The summed E-state index contributed by atoms with van der Waals surface area (Å²) in [5.41, 5.74) is 8.07. The SMILES string of the molecule is Nc1c(C#CC=CCO)ncnc1Nc1ccc(OCc2cccc(F)c2)c(Cl)c1. The molecule has 0 radical (unpaired) electrons. The molecule has 3 aromatic rings.